The highest BCUT2D eigenvalue weighted by Crippen LogP contribution is 2.36. The summed E-state index contributed by atoms with van der Waals surface area (Å²) in [5.41, 5.74) is 1.75. The molecule has 0 bridgehead atoms. The summed E-state index contributed by atoms with van der Waals surface area (Å²) in [6.07, 6.45) is 0.281. The molecule has 0 spiro atoms. The molecular weight excluding hydrogens is 350 g/mol. The highest BCUT2D eigenvalue weighted by Gasteiger charge is 2.37. The zero-order chi connectivity index (χ0) is 17.3. The van der Waals surface area contributed by atoms with Crippen molar-refractivity contribution >= 4 is 27.6 Å². The van der Waals surface area contributed by atoms with Crippen LogP contribution in [0.1, 0.15) is 23.6 Å². The van der Waals surface area contributed by atoms with Gasteiger partial charge in [0.2, 0.25) is 10.0 Å². The molecule has 0 fully saturated rings. The fourth-order valence-corrected chi connectivity index (χ4v) is 4.77. The first-order valence-corrected chi connectivity index (χ1v) is 9.28. The number of carboxylic acid groups (broad SMARTS) is 1. The molecule has 0 aliphatic carbocycles. The van der Waals surface area contributed by atoms with Gasteiger partial charge in [0.25, 0.3) is 0 Å². The third kappa shape index (κ3) is 3.17. The lowest BCUT2D eigenvalue weighted by Crippen LogP contribution is -2.40. The molecule has 1 aliphatic rings. The van der Waals surface area contributed by atoms with Crippen molar-refractivity contribution in [3.63, 3.8) is 0 Å². The predicted octanol–water partition coefficient (Wildman–Crippen LogP) is 3.10. The van der Waals surface area contributed by atoms with Gasteiger partial charge < -0.3 is 5.11 Å². The molecule has 1 atom stereocenters. The van der Waals surface area contributed by atoms with E-state index in [1.165, 1.54) is 28.6 Å². The molecule has 126 valence electrons. The summed E-state index contributed by atoms with van der Waals surface area (Å²) in [6.45, 7) is 0.250. The van der Waals surface area contributed by atoms with E-state index in [-0.39, 0.29) is 17.9 Å². The number of carbonyl (C=O) groups is 1. The lowest BCUT2D eigenvalue weighted by molar-refractivity contribution is -0.138. The van der Waals surface area contributed by atoms with Gasteiger partial charge in [0, 0.05) is 11.6 Å². The lowest BCUT2D eigenvalue weighted by Gasteiger charge is -2.35. The average Bonchev–Trinajstić information content (AvgIpc) is 2.55. The molecule has 3 rings (SSSR count). The molecule has 1 aliphatic heterocycles. The van der Waals surface area contributed by atoms with Gasteiger partial charge in [0.05, 0.1) is 17.4 Å². The van der Waals surface area contributed by atoms with Gasteiger partial charge in [-0.3, -0.25) is 4.79 Å². The molecule has 5 nitrogen and oxygen atoms in total. The number of hydrogen-bond donors (Lipinski definition) is 1. The van der Waals surface area contributed by atoms with E-state index >= 15 is 0 Å². The van der Waals surface area contributed by atoms with E-state index in [1.54, 1.807) is 12.1 Å². The van der Waals surface area contributed by atoms with Crippen LogP contribution in [0.3, 0.4) is 0 Å². The number of rotatable bonds is 4. The Morgan fingerprint density at radius 3 is 2.50 bits per heavy atom. The van der Waals surface area contributed by atoms with Crippen LogP contribution >= 0.6 is 11.6 Å². The summed E-state index contributed by atoms with van der Waals surface area (Å²) < 4.78 is 27.3. The van der Waals surface area contributed by atoms with E-state index in [0.717, 1.165) is 11.1 Å². The van der Waals surface area contributed by atoms with Gasteiger partial charge in [-0.05, 0) is 41.8 Å². The highest BCUT2D eigenvalue weighted by molar-refractivity contribution is 7.89. The maximum Gasteiger partial charge on any atom is 0.305 e. The van der Waals surface area contributed by atoms with E-state index in [9.17, 15) is 18.3 Å². The number of carboxylic acids is 1. The zero-order valence-electron chi connectivity index (χ0n) is 12.7. The van der Waals surface area contributed by atoms with Crippen LogP contribution in [0.2, 0.25) is 5.02 Å². The summed E-state index contributed by atoms with van der Waals surface area (Å²) in [5, 5.41) is 9.69. The van der Waals surface area contributed by atoms with Gasteiger partial charge in [-0.15, -0.1) is 0 Å². The number of fused-ring (bicyclic) bond motifs is 1. The lowest BCUT2D eigenvalue weighted by atomic mass is 9.92. The van der Waals surface area contributed by atoms with Crippen molar-refractivity contribution in [3.05, 3.63) is 64.7 Å². The second-order valence-corrected chi connectivity index (χ2v) is 7.96. The molecule has 0 aromatic heterocycles. The minimum atomic E-state index is -3.80. The number of halogens is 1. The molecule has 1 heterocycles. The number of sulfonamides is 1. The van der Waals surface area contributed by atoms with Gasteiger partial charge >= 0.3 is 5.97 Å². The van der Waals surface area contributed by atoms with Gasteiger partial charge in [-0.25, -0.2) is 8.42 Å². The molecule has 0 amide bonds. The normalized spacial score (nSPS) is 18.1. The van der Waals surface area contributed by atoms with Crippen LogP contribution in [0.4, 0.5) is 0 Å². The van der Waals surface area contributed by atoms with Crippen LogP contribution in [0.15, 0.2) is 53.4 Å². The van der Waals surface area contributed by atoms with Gasteiger partial charge in [-0.1, -0.05) is 35.9 Å². The molecule has 0 radical (unpaired) electrons. The Labute approximate surface area is 145 Å². The monoisotopic (exact) mass is 365 g/mol. The largest absolute Gasteiger partial charge is 0.481 e. The van der Waals surface area contributed by atoms with Crippen molar-refractivity contribution in [1.29, 1.82) is 0 Å². The fourth-order valence-electron chi connectivity index (χ4n) is 3.04. The van der Waals surface area contributed by atoms with Crippen LogP contribution in [-0.4, -0.2) is 30.3 Å². The maximum absolute atomic E-state index is 13.0. The number of aliphatic carboxylic acids is 1. The number of benzene rings is 2. The van der Waals surface area contributed by atoms with Gasteiger partial charge in [0.15, 0.2) is 0 Å². The summed E-state index contributed by atoms with van der Waals surface area (Å²) in [4.78, 5) is 11.4. The van der Waals surface area contributed by atoms with Crippen molar-refractivity contribution < 1.29 is 18.3 Å². The number of nitrogens with zero attached hydrogens (tertiary/aromatic N) is 1. The minimum Gasteiger partial charge on any atom is -0.481 e. The minimum absolute atomic E-state index is 0.113. The molecule has 1 unspecified atom stereocenters. The Bertz CT molecular complexity index is 864. The van der Waals surface area contributed by atoms with E-state index in [1.807, 2.05) is 12.1 Å². The molecule has 2 aromatic carbocycles. The zero-order valence-corrected chi connectivity index (χ0v) is 14.3. The molecular formula is C17H16ClNO4S. The summed E-state index contributed by atoms with van der Waals surface area (Å²) in [5.74, 6) is -1.03. The Morgan fingerprint density at radius 1 is 1.17 bits per heavy atom. The molecule has 7 heteroatoms. The molecule has 24 heavy (non-hydrogen) atoms. The van der Waals surface area contributed by atoms with Crippen molar-refractivity contribution in [1.82, 2.24) is 4.31 Å². The van der Waals surface area contributed by atoms with Crippen molar-refractivity contribution in [2.24, 2.45) is 0 Å². The summed E-state index contributed by atoms with van der Waals surface area (Å²) >= 11 is 5.83. The van der Waals surface area contributed by atoms with Crippen LogP contribution in [-0.2, 0) is 21.2 Å². The molecule has 0 saturated carbocycles. The maximum atomic E-state index is 13.0. The van der Waals surface area contributed by atoms with Gasteiger partial charge in [-0.2, -0.15) is 4.31 Å². The van der Waals surface area contributed by atoms with E-state index < -0.39 is 22.0 Å². The Kier molecular flexibility index (Phi) is 4.62. The molecule has 0 saturated heterocycles. The number of hydrogen-bond acceptors (Lipinski definition) is 3. The Morgan fingerprint density at radius 2 is 1.83 bits per heavy atom. The van der Waals surface area contributed by atoms with Crippen molar-refractivity contribution in [3.8, 4) is 0 Å². The first-order chi connectivity index (χ1) is 11.4. The third-order valence-corrected chi connectivity index (χ3v) is 6.33. The second-order valence-electron chi connectivity index (χ2n) is 5.63. The van der Waals surface area contributed by atoms with E-state index in [0.29, 0.717) is 11.4 Å². The topological polar surface area (TPSA) is 74.7 Å². The van der Waals surface area contributed by atoms with Crippen molar-refractivity contribution in [2.75, 3.05) is 6.54 Å². The van der Waals surface area contributed by atoms with Crippen LogP contribution in [0.25, 0.3) is 0 Å². The van der Waals surface area contributed by atoms with E-state index in [4.69, 9.17) is 11.6 Å². The first-order valence-electron chi connectivity index (χ1n) is 7.46. The van der Waals surface area contributed by atoms with Crippen LogP contribution in [0.5, 0.6) is 0 Å². The first kappa shape index (κ1) is 17.0. The van der Waals surface area contributed by atoms with E-state index in [2.05, 4.69) is 0 Å². The highest BCUT2D eigenvalue weighted by atomic mass is 35.5. The molecule has 2 aromatic rings. The second kappa shape index (κ2) is 6.55. The summed E-state index contributed by atoms with van der Waals surface area (Å²) in [7, 11) is -3.80. The fraction of sp³-hybridized carbons (Fsp3) is 0.235. The average molecular weight is 366 g/mol. The standard InChI is InChI=1S/C17H16ClNO4S/c18-13-5-7-14(8-6-13)24(22,23)19-10-9-12-3-1-2-4-15(12)16(19)11-17(20)21/h1-8,16H,9-11H2,(H,20,21). The third-order valence-electron chi connectivity index (χ3n) is 4.15. The quantitative estimate of drug-likeness (QED) is 0.903. The van der Waals surface area contributed by atoms with Gasteiger partial charge in [0.1, 0.15) is 0 Å². The van der Waals surface area contributed by atoms with Crippen LogP contribution < -0.4 is 0 Å². The molecule has 1 N–H and O–H groups in total. The Balaban J connectivity index is 2.05. The van der Waals surface area contributed by atoms with Crippen LogP contribution in [0, 0.1) is 0 Å². The SMILES string of the molecule is O=C(O)CC1c2ccccc2CCN1S(=O)(=O)c1ccc(Cl)cc1. The predicted molar refractivity (Wildman–Crippen MR) is 90.5 cm³/mol. The van der Waals surface area contributed by atoms with Crippen molar-refractivity contribution in [2.45, 2.75) is 23.8 Å². The Hall–Kier alpha value is -1.89. The summed E-state index contributed by atoms with van der Waals surface area (Å²) in [6, 6.07) is 12.6. The smallest absolute Gasteiger partial charge is 0.305 e.